The SMILES string of the molecule is N#C/C(=C1/c2ccccc2-c2c1c1c(c3c2/C(=C(\C#N)c2ccc(C(F)(F)F)cc2)c2ccccc2-3)/C(=C(\C#N)c2ccc(C(F)(F)F)cc2)c2ccccc2-1)c1ccc(C(F)(F)F)cc1. The molecule has 66 heavy (non-hydrogen) atoms. The van der Waals surface area contributed by atoms with Gasteiger partial charge in [-0.1, -0.05) is 109 Å². The second kappa shape index (κ2) is 14.8. The maximum atomic E-state index is 13.8. The van der Waals surface area contributed by atoms with Gasteiger partial charge in [0.25, 0.3) is 0 Å². The second-order valence-electron chi connectivity index (χ2n) is 15.7. The summed E-state index contributed by atoms with van der Waals surface area (Å²) < 4.78 is 125. The molecule has 3 aliphatic rings. The largest absolute Gasteiger partial charge is 0.416 e. The molecule has 12 heteroatoms. The predicted octanol–water partition coefficient (Wildman–Crippen LogP) is 15.1. The molecular formula is C54H24F9N3. The van der Waals surface area contributed by atoms with Gasteiger partial charge in [-0.15, -0.1) is 0 Å². The summed E-state index contributed by atoms with van der Waals surface area (Å²) >= 11 is 0. The number of halogens is 9. The van der Waals surface area contributed by atoms with Crippen LogP contribution in [0.3, 0.4) is 0 Å². The molecule has 0 saturated carbocycles. The molecule has 10 rings (SSSR count). The third kappa shape index (κ3) is 6.27. The van der Waals surface area contributed by atoms with E-state index in [-0.39, 0.29) is 33.4 Å². The zero-order chi connectivity index (χ0) is 46.4. The lowest BCUT2D eigenvalue weighted by atomic mass is 9.81. The van der Waals surface area contributed by atoms with Crippen LogP contribution in [0.4, 0.5) is 39.5 Å². The highest BCUT2D eigenvalue weighted by atomic mass is 19.4. The van der Waals surface area contributed by atoms with Crippen molar-refractivity contribution in [3.05, 3.63) is 212 Å². The summed E-state index contributed by atoms with van der Waals surface area (Å²) in [6.45, 7) is 0. The molecule has 0 N–H and O–H groups in total. The molecule has 0 atom stereocenters. The van der Waals surface area contributed by atoms with Crippen LogP contribution in [0.1, 0.15) is 66.8 Å². The third-order valence-electron chi connectivity index (χ3n) is 12.2. The summed E-state index contributed by atoms with van der Waals surface area (Å²) in [4.78, 5) is 0. The fraction of sp³-hybridized carbons (Fsp3) is 0.0556. The first-order valence-electron chi connectivity index (χ1n) is 20.1. The minimum atomic E-state index is -4.67. The summed E-state index contributed by atoms with van der Waals surface area (Å²) in [7, 11) is 0. The highest BCUT2D eigenvalue weighted by Gasteiger charge is 2.45. The van der Waals surface area contributed by atoms with Crippen LogP contribution in [0.5, 0.6) is 0 Å². The second-order valence-corrected chi connectivity index (χ2v) is 15.7. The molecule has 0 unspecified atom stereocenters. The molecule has 7 aromatic rings. The van der Waals surface area contributed by atoms with Gasteiger partial charge in [0.2, 0.25) is 0 Å². The number of allylic oxidation sites excluding steroid dienone is 3. The van der Waals surface area contributed by atoms with Crippen LogP contribution in [0, 0.1) is 34.0 Å². The van der Waals surface area contributed by atoms with Crippen LogP contribution in [0.2, 0.25) is 0 Å². The van der Waals surface area contributed by atoms with Crippen LogP contribution in [0.15, 0.2) is 146 Å². The summed E-state index contributed by atoms with van der Waals surface area (Å²) in [6.07, 6.45) is -14.0. The van der Waals surface area contributed by atoms with E-state index in [0.29, 0.717) is 83.5 Å². The summed E-state index contributed by atoms with van der Waals surface area (Å²) in [5, 5.41) is 33.4. The molecule has 0 aliphatic heterocycles. The van der Waals surface area contributed by atoms with E-state index in [9.17, 15) is 55.3 Å². The molecule has 0 aromatic heterocycles. The van der Waals surface area contributed by atoms with Crippen molar-refractivity contribution < 1.29 is 39.5 Å². The molecule has 318 valence electrons. The smallest absolute Gasteiger partial charge is 0.192 e. The van der Waals surface area contributed by atoms with E-state index in [2.05, 4.69) is 18.2 Å². The van der Waals surface area contributed by atoms with E-state index in [1.807, 2.05) is 0 Å². The first-order valence-corrected chi connectivity index (χ1v) is 20.1. The number of rotatable bonds is 3. The highest BCUT2D eigenvalue weighted by Crippen LogP contribution is 2.66. The van der Waals surface area contributed by atoms with Crippen LogP contribution in [-0.2, 0) is 18.5 Å². The van der Waals surface area contributed by atoms with Crippen molar-refractivity contribution in [2.24, 2.45) is 0 Å². The van der Waals surface area contributed by atoms with Gasteiger partial charge in [0.05, 0.1) is 33.4 Å². The van der Waals surface area contributed by atoms with Crippen molar-refractivity contribution >= 4 is 33.4 Å². The Bertz CT molecular complexity index is 3080. The lowest BCUT2D eigenvalue weighted by molar-refractivity contribution is -0.138. The Balaban J connectivity index is 1.43. The van der Waals surface area contributed by atoms with E-state index in [1.165, 1.54) is 36.4 Å². The number of hydrogen-bond acceptors (Lipinski definition) is 3. The monoisotopic (exact) mass is 885 g/mol. The third-order valence-corrected chi connectivity index (χ3v) is 12.2. The van der Waals surface area contributed by atoms with Gasteiger partial charge in [-0.05, 0) is 103 Å². The number of benzene rings is 7. The van der Waals surface area contributed by atoms with E-state index in [0.717, 1.165) is 36.4 Å². The predicted molar refractivity (Wildman–Crippen MR) is 232 cm³/mol. The summed E-state index contributed by atoms with van der Waals surface area (Å²) in [5.41, 5.74) is 4.78. The van der Waals surface area contributed by atoms with Crippen LogP contribution >= 0.6 is 0 Å². The topological polar surface area (TPSA) is 71.4 Å². The quantitative estimate of drug-likeness (QED) is 0.131. The first kappa shape index (κ1) is 41.6. The summed E-state index contributed by atoms with van der Waals surface area (Å²) in [5.74, 6) is 0. The maximum Gasteiger partial charge on any atom is 0.416 e. The Morgan fingerprint density at radius 3 is 0.697 bits per heavy atom. The molecule has 0 spiro atoms. The van der Waals surface area contributed by atoms with Gasteiger partial charge in [0.1, 0.15) is 18.2 Å². The van der Waals surface area contributed by atoms with Crippen molar-refractivity contribution in [1.29, 1.82) is 15.8 Å². The van der Waals surface area contributed by atoms with Gasteiger partial charge in [-0.2, -0.15) is 55.3 Å². The number of nitrogens with zero attached hydrogens (tertiary/aromatic N) is 3. The van der Waals surface area contributed by atoms with Crippen LogP contribution in [0.25, 0.3) is 66.8 Å². The van der Waals surface area contributed by atoms with E-state index in [1.54, 1.807) is 72.8 Å². The molecule has 0 radical (unpaired) electrons. The van der Waals surface area contributed by atoms with Crippen molar-refractivity contribution in [1.82, 2.24) is 0 Å². The maximum absolute atomic E-state index is 13.8. The van der Waals surface area contributed by atoms with Gasteiger partial charge >= 0.3 is 18.5 Å². The van der Waals surface area contributed by atoms with Gasteiger partial charge in [0.15, 0.2) is 0 Å². The lowest BCUT2D eigenvalue weighted by Gasteiger charge is -2.20. The van der Waals surface area contributed by atoms with Crippen molar-refractivity contribution in [3.63, 3.8) is 0 Å². The number of alkyl halides is 9. The van der Waals surface area contributed by atoms with Gasteiger partial charge in [0, 0.05) is 33.4 Å². The van der Waals surface area contributed by atoms with Crippen LogP contribution in [-0.4, -0.2) is 0 Å². The standard InChI is InChI=1S/C54H24F9N3/c55-52(56,57)31-19-13-28(14-20-31)40(25-64)43-34-7-1-4-10-37(34)46-49(43)47-38-11-5-2-8-35(38)45(42(27-66)30-17-23-33(24-18-30)54(61,62)63)51(47)48-39-12-6-3-9-36(39)44(50(46)48)41(26-65)29-15-21-32(22-16-29)53(58,59)60/h1-24H/b43-40+,44-41+,45-42+. The average Bonchev–Trinajstić information content (AvgIpc) is 3.93. The molecule has 3 aliphatic carbocycles. The van der Waals surface area contributed by atoms with E-state index in [4.69, 9.17) is 0 Å². The van der Waals surface area contributed by atoms with Gasteiger partial charge in [-0.3, -0.25) is 0 Å². The van der Waals surface area contributed by atoms with E-state index < -0.39 is 35.2 Å². The summed E-state index contributed by atoms with van der Waals surface area (Å²) in [6, 6.07) is 40.5. The van der Waals surface area contributed by atoms with Gasteiger partial charge in [-0.25, -0.2) is 0 Å². The Morgan fingerprint density at radius 1 is 0.288 bits per heavy atom. The molecule has 3 nitrogen and oxygen atoms in total. The zero-order valence-corrected chi connectivity index (χ0v) is 33.6. The first-order chi connectivity index (χ1) is 31.6. The normalized spacial score (nSPS) is 15.5. The van der Waals surface area contributed by atoms with Crippen molar-refractivity contribution in [3.8, 4) is 51.6 Å². The molecule has 0 heterocycles. The Hall–Kier alpha value is -8.40. The number of hydrogen-bond donors (Lipinski definition) is 0. The van der Waals surface area contributed by atoms with Crippen molar-refractivity contribution in [2.45, 2.75) is 18.5 Å². The molecular weight excluding hydrogens is 862 g/mol. The average molecular weight is 886 g/mol. The number of fused-ring (bicyclic) bond motifs is 12. The molecule has 7 aromatic carbocycles. The molecule has 0 saturated heterocycles. The minimum absolute atomic E-state index is 0.000446. The molecule has 0 amide bonds. The van der Waals surface area contributed by atoms with E-state index >= 15 is 0 Å². The number of nitriles is 3. The fourth-order valence-corrected chi connectivity index (χ4v) is 9.52. The van der Waals surface area contributed by atoms with Crippen LogP contribution < -0.4 is 0 Å². The van der Waals surface area contributed by atoms with Gasteiger partial charge < -0.3 is 0 Å². The molecule has 0 bridgehead atoms. The van der Waals surface area contributed by atoms with Crippen molar-refractivity contribution in [2.75, 3.05) is 0 Å². The molecule has 0 fully saturated rings. The highest BCUT2D eigenvalue weighted by molar-refractivity contribution is 6.30. The minimum Gasteiger partial charge on any atom is -0.192 e. The fourth-order valence-electron chi connectivity index (χ4n) is 9.52. The zero-order valence-electron chi connectivity index (χ0n) is 33.6. The Labute approximate surface area is 370 Å². The lowest BCUT2D eigenvalue weighted by Crippen LogP contribution is -2.05. The Morgan fingerprint density at radius 2 is 0.500 bits per heavy atom. The Kier molecular flexibility index (Phi) is 9.35.